The van der Waals surface area contributed by atoms with Crippen molar-refractivity contribution in [1.82, 2.24) is 0 Å². The predicted molar refractivity (Wildman–Crippen MR) is 254 cm³/mol. The normalized spacial score (nSPS) is 10.4. The van der Waals surface area contributed by atoms with Crippen molar-refractivity contribution in [2.75, 3.05) is 0 Å². The van der Waals surface area contributed by atoms with E-state index in [9.17, 15) is 19.8 Å². The van der Waals surface area contributed by atoms with Gasteiger partial charge in [0.25, 0.3) is 0 Å². The van der Waals surface area contributed by atoms with E-state index in [1.807, 2.05) is 0 Å². The fourth-order valence-corrected chi connectivity index (χ4v) is 6.84. The van der Waals surface area contributed by atoms with Gasteiger partial charge >= 0.3 is 11.9 Å². The summed E-state index contributed by atoms with van der Waals surface area (Å²) in [5.41, 5.74) is 0. The van der Waals surface area contributed by atoms with E-state index in [-0.39, 0.29) is 36.7 Å². The summed E-state index contributed by atoms with van der Waals surface area (Å²) in [6.07, 6.45) is 55.7. The third kappa shape index (κ3) is 84.1. The van der Waals surface area contributed by atoms with Crippen LogP contribution in [0.25, 0.3) is 0 Å². The molecule has 0 aliphatic carbocycles. The van der Waals surface area contributed by atoms with Crippen LogP contribution >= 0.6 is 0 Å². The number of hydrogen-bond acceptors (Lipinski definition) is 2. The second-order valence-corrected chi connectivity index (χ2v) is 16.7. The Kier molecular flexibility index (Phi) is 78.0. The monoisotopic (exact) mass is 913 g/mol. The minimum atomic E-state index is -0.903. The Morgan fingerprint density at radius 2 is 0.404 bits per heavy atom. The molecular weight excluding hydrogens is 807 g/mol. The quantitative estimate of drug-likeness (QED) is 0.0452. The second kappa shape index (κ2) is 67.5. The molecule has 4 nitrogen and oxygen atoms in total. The average Bonchev–Trinajstić information content (AvgIpc) is 3.19. The van der Waals surface area contributed by atoms with Crippen LogP contribution in [0.1, 0.15) is 310 Å². The summed E-state index contributed by atoms with van der Waals surface area (Å²) in [7, 11) is 0. The van der Waals surface area contributed by atoms with Crippen LogP contribution in [0, 0.1) is 13.8 Å². The Balaban J connectivity index is -0.000000228. The Bertz CT molecular complexity index is 602. The number of carbonyl (C=O) groups excluding carboxylic acids is 2. The SMILES string of the molecule is CCCCCCCCCCCCCCCCCC([O])=O.CCCCCCCCCCCCCCCCCC([O])=O.[CH2]CCCCCCC.[CH2]CCCCCCC.[Sn]. The van der Waals surface area contributed by atoms with Crippen LogP contribution in [0.15, 0.2) is 0 Å². The molecule has 0 aromatic rings. The van der Waals surface area contributed by atoms with Crippen molar-refractivity contribution in [3.63, 3.8) is 0 Å². The maximum Gasteiger partial charge on any atom is 0.355 e. The van der Waals surface area contributed by atoms with Gasteiger partial charge in [-0.25, -0.2) is 19.8 Å². The van der Waals surface area contributed by atoms with Crippen molar-refractivity contribution in [3.8, 4) is 0 Å². The standard InChI is InChI=1S/2C18H35O2.2C8H17.Sn/c2*1-2-3-4-5-6-7-8-9-10-11-12-13-14-15-16-17-18(19)20;2*1-3-5-7-8-6-4-2;/h2*2-17H2,1H3;2*1,3-8H2,2H3;. The molecule has 0 amide bonds. The molecule has 0 spiro atoms. The van der Waals surface area contributed by atoms with E-state index >= 15 is 0 Å². The predicted octanol–water partition coefficient (Wildman–Crippen LogP) is 18.4. The van der Waals surface area contributed by atoms with E-state index in [0.717, 1.165) is 38.5 Å². The summed E-state index contributed by atoms with van der Waals surface area (Å²) >= 11 is 0. The molecule has 0 aromatic carbocycles. The number of unbranched alkanes of at least 4 members (excludes halogenated alkanes) is 38. The molecule has 8 radical (unpaired) electrons. The molecule has 0 atom stereocenters. The van der Waals surface area contributed by atoms with Gasteiger partial charge in [0.05, 0.1) is 12.8 Å². The summed E-state index contributed by atoms with van der Waals surface area (Å²) in [6.45, 7) is 16.6. The fourth-order valence-electron chi connectivity index (χ4n) is 6.84. The number of rotatable bonds is 42. The molecule has 0 unspecified atom stereocenters. The van der Waals surface area contributed by atoms with Crippen molar-refractivity contribution in [2.45, 2.75) is 310 Å². The summed E-state index contributed by atoms with van der Waals surface area (Å²) in [4.78, 5) is 20.4. The van der Waals surface area contributed by atoms with Crippen LogP contribution in [0.4, 0.5) is 0 Å². The molecule has 0 saturated carbocycles. The van der Waals surface area contributed by atoms with Gasteiger partial charge in [-0.1, -0.05) is 298 Å². The van der Waals surface area contributed by atoms with Crippen LogP contribution in [0.2, 0.25) is 0 Å². The zero-order chi connectivity index (χ0) is 42.3. The maximum atomic E-state index is 10.2. The molecule has 0 aromatic heterocycles. The minimum Gasteiger partial charge on any atom is -0.247 e. The van der Waals surface area contributed by atoms with E-state index in [1.54, 1.807) is 0 Å². The van der Waals surface area contributed by atoms with Crippen molar-refractivity contribution in [2.24, 2.45) is 0 Å². The molecule has 0 saturated heterocycles. The van der Waals surface area contributed by atoms with Gasteiger partial charge in [-0.3, -0.25) is 0 Å². The first-order chi connectivity index (χ1) is 27.4. The largest absolute Gasteiger partial charge is 0.355 e. The first-order valence-electron chi connectivity index (χ1n) is 25.4. The minimum absolute atomic E-state index is 0. The summed E-state index contributed by atoms with van der Waals surface area (Å²) in [5.74, 6) is -1.81. The second-order valence-electron chi connectivity index (χ2n) is 16.7. The molecule has 0 aliphatic rings. The molecule has 57 heavy (non-hydrogen) atoms. The van der Waals surface area contributed by atoms with Crippen molar-refractivity contribution in [1.29, 1.82) is 0 Å². The van der Waals surface area contributed by atoms with Gasteiger partial charge in [-0.15, -0.1) is 0 Å². The fraction of sp³-hybridized carbons (Fsp3) is 0.923. The van der Waals surface area contributed by atoms with Gasteiger partial charge in [-0.05, 0) is 12.8 Å². The van der Waals surface area contributed by atoms with Gasteiger partial charge in [0, 0.05) is 23.9 Å². The molecule has 0 N–H and O–H groups in total. The molecule has 0 aliphatic heterocycles. The maximum absolute atomic E-state index is 10.2. The van der Waals surface area contributed by atoms with Crippen LogP contribution in [0.5, 0.6) is 0 Å². The molecule has 5 heteroatoms. The average molecular weight is 912 g/mol. The third-order valence-corrected chi connectivity index (χ3v) is 10.7. The van der Waals surface area contributed by atoms with E-state index in [0.29, 0.717) is 0 Å². The molecule has 0 bridgehead atoms. The Morgan fingerprint density at radius 3 is 0.544 bits per heavy atom. The molecule has 0 fully saturated rings. The third-order valence-electron chi connectivity index (χ3n) is 10.7. The van der Waals surface area contributed by atoms with Crippen LogP contribution in [-0.4, -0.2) is 35.8 Å². The first-order valence-corrected chi connectivity index (χ1v) is 25.4. The summed E-state index contributed by atoms with van der Waals surface area (Å²) in [6, 6.07) is 0. The van der Waals surface area contributed by atoms with E-state index in [2.05, 4.69) is 41.5 Å². The van der Waals surface area contributed by atoms with E-state index < -0.39 is 11.9 Å². The molecular formula is C52H104O4Sn. The van der Waals surface area contributed by atoms with Crippen molar-refractivity contribution in [3.05, 3.63) is 13.8 Å². The Hall–Kier alpha value is -0.261. The molecule has 340 valence electrons. The van der Waals surface area contributed by atoms with E-state index in [4.69, 9.17) is 0 Å². The van der Waals surface area contributed by atoms with Crippen molar-refractivity contribution < 1.29 is 19.8 Å². The molecule has 0 rings (SSSR count). The van der Waals surface area contributed by atoms with Gasteiger partial charge in [-0.2, -0.15) is 0 Å². The van der Waals surface area contributed by atoms with Gasteiger partial charge in [0.15, 0.2) is 0 Å². The number of carbonyl (C=O) groups is 2. The van der Waals surface area contributed by atoms with Crippen LogP contribution in [0.3, 0.4) is 0 Å². The summed E-state index contributed by atoms with van der Waals surface area (Å²) in [5, 5.41) is 20.4. The summed E-state index contributed by atoms with van der Waals surface area (Å²) < 4.78 is 0. The van der Waals surface area contributed by atoms with Crippen molar-refractivity contribution >= 4 is 35.8 Å². The first kappa shape index (κ1) is 65.9. The van der Waals surface area contributed by atoms with Gasteiger partial charge in [0.1, 0.15) is 0 Å². The smallest absolute Gasteiger partial charge is 0.247 e. The Labute approximate surface area is 377 Å². The van der Waals surface area contributed by atoms with Gasteiger partial charge in [0.2, 0.25) is 0 Å². The zero-order valence-electron chi connectivity index (χ0n) is 39.7. The van der Waals surface area contributed by atoms with Crippen LogP contribution in [-0.2, 0) is 19.8 Å². The zero-order valence-corrected chi connectivity index (χ0v) is 42.5. The van der Waals surface area contributed by atoms with Gasteiger partial charge < -0.3 is 0 Å². The van der Waals surface area contributed by atoms with Crippen LogP contribution < -0.4 is 0 Å². The number of hydrogen-bond donors (Lipinski definition) is 0. The topological polar surface area (TPSA) is 73.9 Å². The Morgan fingerprint density at radius 1 is 0.263 bits per heavy atom. The molecule has 0 heterocycles. The van der Waals surface area contributed by atoms with E-state index in [1.165, 1.54) is 231 Å².